The zero-order valence-corrected chi connectivity index (χ0v) is 14.8. The largest absolute Gasteiger partial charge is 0.480 e. The lowest BCUT2D eigenvalue weighted by molar-refractivity contribution is -0.138. The third-order valence-electron chi connectivity index (χ3n) is 3.32. The van der Waals surface area contributed by atoms with Crippen LogP contribution in [0.3, 0.4) is 0 Å². The zero-order valence-electron chi connectivity index (χ0n) is 13.2. The van der Waals surface area contributed by atoms with Gasteiger partial charge in [-0.2, -0.15) is 16.5 Å². The maximum Gasteiger partial charge on any atom is 0.322 e. The van der Waals surface area contributed by atoms with Crippen molar-refractivity contribution in [3.8, 4) is 0 Å². The predicted molar refractivity (Wildman–Crippen MR) is 95.5 cm³/mol. The van der Waals surface area contributed by atoms with E-state index < -0.39 is 22.0 Å². The van der Waals surface area contributed by atoms with Crippen LogP contribution in [0, 0.1) is 6.92 Å². The molecule has 24 heavy (non-hydrogen) atoms. The second kappa shape index (κ2) is 8.32. The van der Waals surface area contributed by atoms with E-state index in [4.69, 9.17) is 0 Å². The fourth-order valence-corrected chi connectivity index (χ4v) is 4.30. The van der Waals surface area contributed by atoms with Gasteiger partial charge in [-0.25, -0.2) is 8.42 Å². The topological polar surface area (TPSA) is 83.5 Å². The highest BCUT2D eigenvalue weighted by atomic mass is 32.2. The molecule has 1 atom stereocenters. The van der Waals surface area contributed by atoms with Crippen molar-refractivity contribution < 1.29 is 18.3 Å². The average molecular weight is 365 g/mol. The van der Waals surface area contributed by atoms with Gasteiger partial charge < -0.3 is 5.11 Å². The molecular weight excluding hydrogens is 346 g/mol. The molecule has 0 fully saturated rings. The van der Waals surface area contributed by atoms with Crippen LogP contribution in [-0.2, 0) is 20.6 Å². The molecule has 0 aromatic heterocycles. The lowest BCUT2D eigenvalue weighted by Gasteiger charge is -2.14. The highest BCUT2D eigenvalue weighted by Gasteiger charge is 2.25. The minimum absolute atomic E-state index is 0.0624. The van der Waals surface area contributed by atoms with Gasteiger partial charge in [0, 0.05) is 11.5 Å². The quantitative estimate of drug-likeness (QED) is 0.751. The third-order valence-corrected chi connectivity index (χ3v) is 5.92. The number of hydrogen-bond donors (Lipinski definition) is 2. The van der Waals surface area contributed by atoms with Gasteiger partial charge in [0.25, 0.3) is 0 Å². The fraction of sp³-hybridized carbons (Fsp3) is 0.235. The Kier molecular flexibility index (Phi) is 6.42. The van der Waals surface area contributed by atoms with Crippen LogP contribution in [-0.4, -0.2) is 31.3 Å². The van der Waals surface area contributed by atoms with E-state index in [9.17, 15) is 18.3 Å². The van der Waals surface area contributed by atoms with Crippen LogP contribution in [0.1, 0.15) is 11.1 Å². The van der Waals surface area contributed by atoms with E-state index in [2.05, 4.69) is 4.72 Å². The average Bonchev–Trinajstić information content (AvgIpc) is 2.55. The molecule has 0 saturated heterocycles. The van der Waals surface area contributed by atoms with Crippen molar-refractivity contribution in [2.75, 3.05) is 5.75 Å². The summed E-state index contributed by atoms with van der Waals surface area (Å²) in [5, 5.41) is 9.28. The molecule has 2 aromatic rings. The van der Waals surface area contributed by atoms with Crippen LogP contribution in [0.15, 0.2) is 59.5 Å². The molecule has 0 aliphatic heterocycles. The summed E-state index contributed by atoms with van der Waals surface area (Å²) in [6.07, 6.45) is 0. The second-order valence-corrected chi connectivity index (χ2v) is 8.07. The summed E-state index contributed by atoms with van der Waals surface area (Å²) >= 11 is 1.37. The van der Waals surface area contributed by atoms with Crippen LogP contribution in [0.2, 0.25) is 0 Å². The second-order valence-electron chi connectivity index (χ2n) is 5.33. The summed E-state index contributed by atoms with van der Waals surface area (Å²) < 4.78 is 26.9. The minimum atomic E-state index is -3.86. The zero-order chi connectivity index (χ0) is 17.6. The SMILES string of the molecule is Cc1ccc(S(=O)(=O)N[C@@H](CSCc2ccccc2)C(=O)O)cc1. The van der Waals surface area contributed by atoms with Crippen molar-refractivity contribution in [2.45, 2.75) is 23.6 Å². The normalized spacial score (nSPS) is 12.7. The number of rotatable bonds is 8. The lowest BCUT2D eigenvalue weighted by Crippen LogP contribution is -2.42. The van der Waals surface area contributed by atoms with Crippen LogP contribution in [0.4, 0.5) is 0 Å². The van der Waals surface area contributed by atoms with E-state index in [0.717, 1.165) is 11.1 Å². The van der Waals surface area contributed by atoms with Crippen molar-refractivity contribution in [3.05, 3.63) is 65.7 Å². The molecule has 2 aromatic carbocycles. The molecule has 2 rings (SSSR count). The summed E-state index contributed by atoms with van der Waals surface area (Å²) in [7, 11) is -3.86. The van der Waals surface area contributed by atoms with Crippen molar-refractivity contribution in [3.63, 3.8) is 0 Å². The number of carboxylic acids is 1. The lowest BCUT2D eigenvalue weighted by atomic mass is 10.2. The Balaban J connectivity index is 2.00. The Morgan fingerprint density at radius 2 is 1.75 bits per heavy atom. The molecule has 0 aliphatic rings. The first-order valence-corrected chi connectivity index (χ1v) is 9.96. The molecule has 0 radical (unpaired) electrons. The number of aliphatic carboxylic acids is 1. The summed E-state index contributed by atoms with van der Waals surface area (Å²) in [4.78, 5) is 11.4. The first-order valence-electron chi connectivity index (χ1n) is 7.32. The number of carboxylic acid groups (broad SMARTS) is 1. The van der Waals surface area contributed by atoms with E-state index in [-0.39, 0.29) is 10.6 Å². The highest BCUT2D eigenvalue weighted by molar-refractivity contribution is 7.98. The molecule has 2 N–H and O–H groups in total. The number of carbonyl (C=O) groups is 1. The molecule has 0 saturated carbocycles. The Labute approximate surface area is 146 Å². The maximum atomic E-state index is 12.3. The van der Waals surface area contributed by atoms with Crippen LogP contribution in [0.5, 0.6) is 0 Å². The van der Waals surface area contributed by atoms with Crippen molar-refractivity contribution in [1.82, 2.24) is 4.72 Å². The fourth-order valence-electron chi connectivity index (χ4n) is 2.00. The van der Waals surface area contributed by atoms with E-state index in [1.54, 1.807) is 12.1 Å². The maximum absolute atomic E-state index is 12.3. The van der Waals surface area contributed by atoms with Gasteiger partial charge in [0.1, 0.15) is 6.04 Å². The monoisotopic (exact) mass is 365 g/mol. The van der Waals surface area contributed by atoms with E-state index in [0.29, 0.717) is 5.75 Å². The number of thioether (sulfide) groups is 1. The van der Waals surface area contributed by atoms with Gasteiger partial charge in [-0.1, -0.05) is 48.0 Å². The Hall–Kier alpha value is -1.83. The summed E-state index contributed by atoms with van der Waals surface area (Å²) in [6, 6.07) is 14.7. The Morgan fingerprint density at radius 1 is 1.12 bits per heavy atom. The van der Waals surface area contributed by atoms with Gasteiger partial charge in [-0.15, -0.1) is 0 Å². The number of sulfonamides is 1. The minimum Gasteiger partial charge on any atom is -0.480 e. The van der Waals surface area contributed by atoms with Gasteiger partial charge in [0.05, 0.1) is 4.90 Å². The summed E-state index contributed by atoms with van der Waals surface area (Å²) in [5.74, 6) is -0.419. The number of aryl methyl sites for hydroxylation is 1. The van der Waals surface area contributed by atoms with E-state index in [1.165, 1.54) is 23.9 Å². The summed E-state index contributed by atoms with van der Waals surface area (Å²) in [6.45, 7) is 1.85. The number of hydrogen-bond acceptors (Lipinski definition) is 4. The van der Waals surface area contributed by atoms with Gasteiger partial charge in [0.2, 0.25) is 10.0 Å². The van der Waals surface area contributed by atoms with Crippen molar-refractivity contribution >= 4 is 27.8 Å². The molecule has 0 spiro atoms. The molecule has 128 valence electrons. The third kappa shape index (κ3) is 5.36. The van der Waals surface area contributed by atoms with Crippen LogP contribution >= 0.6 is 11.8 Å². The first kappa shape index (κ1) is 18.5. The summed E-state index contributed by atoms with van der Waals surface area (Å²) in [5.41, 5.74) is 2.00. The molecule has 0 amide bonds. The number of benzene rings is 2. The van der Waals surface area contributed by atoms with Gasteiger partial charge in [-0.3, -0.25) is 4.79 Å². The predicted octanol–water partition coefficient (Wildman–Crippen LogP) is 2.66. The van der Waals surface area contributed by atoms with Crippen molar-refractivity contribution in [1.29, 1.82) is 0 Å². The molecule has 0 bridgehead atoms. The van der Waals surface area contributed by atoms with Gasteiger partial charge in [-0.05, 0) is 24.6 Å². The van der Waals surface area contributed by atoms with Gasteiger partial charge in [0.15, 0.2) is 0 Å². The van der Waals surface area contributed by atoms with E-state index in [1.807, 2.05) is 37.3 Å². The highest BCUT2D eigenvalue weighted by Crippen LogP contribution is 2.15. The Morgan fingerprint density at radius 3 is 2.33 bits per heavy atom. The molecular formula is C17H19NO4S2. The molecule has 0 heterocycles. The standard InChI is InChI=1S/C17H19NO4S2/c1-13-7-9-15(10-8-13)24(21,22)18-16(17(19)20)12-23-11-14-5-3-2-4-6-14/h2-10,16,18H,11-12H2,1H3,(H,19,20)/t16-/m0/s1. The van der Waals surface area contributed by atoms with Crippen molar-refractivity contribution in [2.24, 2.45) is 0 Å². The number of nitrogens with one attached hydrogen (secondary N) is 1. The first-order chi connectivity index (χ1) is 11.4. The van der Waals surface area contributed by atoms with Gasteiger partial charge >= 0.3 is 5.97 Å². The molecule has 0 unspecified atom stereocenters. The molecule has 0 aliphatic carbocycles. The van der Waals surface area contributed by atoms with Crippen LogP contribution < -0.4 is 4.72 Å². The molecule has 7 heteroatoms. The van der Waals surface area contributed by atoms with E-state index >= 15 is 0 Å². The van der Waals surface area contributed by atoms with Crippen LogP contribution in [0.25, 0.3) is 0 Å². The molecule has 5 nitrogen and oxygen atoms in total. The smallest absolute Gasteiger partial charge is 0.322 e. The Bertz CT molecular complexity index is 774.